The van der Waals surface area contributed by atoms with Gasteiger partial charge in [-0.05, 0) is 32.1 Å². The molecule has 0 aromatic rings. The summed E-state index contributed by atoms with van der Waals surface area (Å²) in [6, 6.07) is 0. The first kappa shape index (κ1) is 17.9. The van der Waals surface area contributed by atoms with Gasteiger partial charge in [0, 0.05) is 18.8 Å². The lowest BCUT2D eigenvalue weighted by Gasteiger charge is -2.50. The minimum absolute atomic E-state index is 0.113. The van der Waals surface area contributed by atoms with E-state index in [0.29, 0.717) is 6.42 Å². The van der Waals surface area contributed by atoms with Crippen LogP contribution in [-0.2, 0) is 9.53 Å². The van der Waals surface area contributed by atoms with Gasteiger partial charge in [-0.15, -0.1) is 6.58 Å². The van der Waals surface area contributed by atoms with Crippen LogP contribution in [0, 0.1) is 17.3 Å². The SMILES string of the molecule is C=C[C@]1(C)CC[C@@H](C(C)(O)COC(C)=O)[C@H](O)C1C(=C)C. The van der Waals surface area contributed by atoms with E-state index in [-0.39, 0.29) is 23.9 Å². The van der Waals surface area contributed by atoms with Gasteiger partial charge in [-0.25, -0.2) is 0 Å². The first-order chi connectivity index (χ1) is 9.55. The molecule has 5 atom stereocenters. The maximum atomic E-state index is 11.0. The molecular formula is C17H28O4. The van der Waals surface area contributed by atoms with E-state index in [1.165, 1.54) is 6.92 Å². The molecule has 1 saturated carbocycles. The third-order valence-corrected chi connectivity index (χ3v) is 4.82. The van der Waals surface area contributed by atoms with Crippen LogP contribution in [-0.4, -0.2) is 34.5 Å². The molecule has 0 aliphatic heterocycles. The van der Waals surface area contributed by atoms with E-state index in [2.05, 4.69) is 20.1 Å². The highest BCUT2D eigenvalue weighted by molar-refractivity contribution is 5.65. The van der Waals surface area contributed by atoms with Crippen LogP contribution >= 0.6 is 0 Å². The van der Waals surface area contributed by atoms with Gasteiger partial charge in [0.2, 0.25) is 0 Å². The van der Waals surface area contributed by atoms with Crippen LogP contribution in [0.4, 0.5) is 0 Å². The summed E-state index contributed by atoms with van der Waals surface area (Å²) in [6.07, 6.45) is 2.56. The molecule has 1 aliphatic carbocycles. The minimum atomic E-state index is -1.26. The number of esters is 1. The topological polar surface area (TPSA) is 66.8 Å². The Hall–Kier alpha value is -1.13. The summed E-state index contributed by atoms with van der Waals surface area (Å²) in [5.41, 5.74) is -0.626. The summed E-state index contributed by atoms with van der Waals surface area (Å²) in [5, 5.41) is 21.4. The van der Waals surface area contributed by atoms with Crippen molar-refractivity contribution in [2.45, 2.75) is 52.2 Å². The van der Waals surface area contributed by atoms with E-state index < -0.39 is 17.7 Å². The van der Waals surface area contributed by atoms with Crippen molar-refractivity contribution in [3.63, 3.8) is 0 Å². The van der Waals surface area contributed by atoms with Crippen LogP contribution < -0.4 is 0 Å². The van der Waals surface area contributed by atoms with E-state index in [4.69, 9.17) is 4.74 Å². The van der Waals surface area contributed by atoms with Crippen molar-refractivity contribution in [3.05, 3.63) is 24.8 Å². The summed E-state index contributed by atoms with van der Waals surface area (Å²) in [6.45, 7) is 14.6. The van der Waals surface area contributed by atoms with Crippen LogP contribution in [0.25, 0.3) is 0 Å². The zero-order chi connectivity index (χ0) is 16.4. The third kappa shape index (κ3) is 3.74. The second kappa shape index (κ2) is 6.32. The molecule has 0 bridgehead atoms. The monoisotopic (exact) mass is 296 g/mol. The molecule has 1 fully saturated rings. The summed E-state index contributed by atoms with van der Waals surface area (Å²) >= 11 is 0. The van der Waals surface area contributed by atoms with Crippen molar-refractivity contribution < 1.29 is 19.7 Å². The average molecular weight is 296 g/mol. The molecule has 0 spiro atoms. The number of carbonyl (C=O) groups is 1. The Morgan fingerprint density at radius 2 is 2.10 bits per heavy atom. The van der Waals surface area contributed by atoms with Crippen molar-refractivity contribution in [2.24, 2.45) is 17.3 Å². The van der Waals surface area contributed by atoms with Gasteiger partial charge in [0.15, 0.2) is 0 Å². The smallest absolute Gasteiger partial charge is 0.302 e. The number of aliphatic hydroxyl groups is 2. The zero-order valence-corrected chi connectivity index (χ0v) is 13.6. The highest BCUT2D eigenvalue weighted by atomic mass is 16.5. The van der Waals surface area contributed by atoms with Crippen molar-refractivity contribution in [3.8, 4) is 0 Å². The van der Waals surface area contributed by atoms with Crippen molar-refractivity contribution in [2.75, 3.05) is 6.61 Å². The van der Waals surface area contributed by atoms with Crippen LogP contribution in [0.15, 0.2) is 24.8 Å². The first-order valence-corrected chi connectivity index (χ1v) is 7.38. The van der Waals surface area contributed by atoms with E-state index in [0.717, 1.165) is 12.0 Å². The molecule has 120 valence electrons. The van der Waals surface area contributed by atoms with Crippen molar-refractivity contribution in [1.82, 2.24) is 0 Å². The summed E-state index contributed by atoms with van der Waals surface area (Å²) in [7, 11) is 0. The fraction of sp³-hybridized carbons (Fsp3) is 0.706. The van der Waals surface area contributed by atoms with Crippen LogP contribution in [0.1, 0.15) is 40.5 Å². The number of carbonyl (C=O) groups excluding carboxylic acids is 1. The predicted octanol–water partition coefficient (Wildman–Crippen LogP) is 2.46. The average Bonchev–Trinajstić information content (AvgIpc) is 2.35. The molecule has 4 nitrogen and oxygen atoms in total. The second-order valence-corrected chi connectivity index (χ2v) is 6.81. The molecule has 2 N–H and O–H groups in total. The van der Waals surface area contributed by atoms with Crippen molar-refractivity contribution >= 4 is 5.97 Å². The molecule has 21 heavy (non-hydrogen) atoms. The molecule has 0 saturated heterocycles. The second-order valence-electron chi connectivity index (χ2n) is 6.81. The van der Waals surface area contributed by atoms with Crippen LogP contribution in [0.3, 0.4) is 0 Å². The normalized spacial score (nSPS) is 35.6. The van der Waals surface area contributed by atoms with E-state index >= 15 is 0 Å². The molecule has 0 aromatic carbocycles. The lowest BCUT2D eigenvalue weighted by atomic mass is 9.58. The van der Waals surface area contributed by atoms with Gasteiger partial charge >= 0.3 is 5.97 Å². The highest BCUT2D eigenvalue weighted by Gasteiger charge is 2.50. The van der Waals surface area contributed by atoms with Gasteiger partial charge in [-0.1, -0.05) is 25.2 Å². The fourth-order valence-corrected chi connectivity index (χ4v) is 3.53. The van der Waals surface area contributed by atoms with Gasteiger partial charge in [0.05, 0.1) is 6.10 Å². The number of allylic oxidation sites excluding steroid dienone is 1. The number of rotatable bonds is 5. The Kier molecular flexibility index (Phi) is 5.40. The molecule has 1 aliphatic rings. The molecule has 0 aromatic heterocycles. The van der Waals surface area contributed by atoms with Crippen LogP contribution in [0.2, 0.25) is 0 Å². The van der Waals surface area contributed by atoms with Gasteiger partial charge in [0.25, 0.3) is 0 Å². The predicted molar refractivity (Wildman–Crippen MR) is 82.6 cm³/mol. The summed E-state index contributed by atoms with van der Waals surface area (Å²) in [4.78, 5) is 11.0. The largest absolute Gasteiger partial charge is 0.463 e. The standard InChI is InChI=1S/C17H28O4/c1-7-16(5)9-8-13(15(19)14(16)11(2)3)17(6,20)10-21-12(4)18/h7,13-15,19-20H,1-2,8-10H2,3-6H3/t13-,14?,15+,16-,17?/m1/s1. The lowest BCUT2D eigenvalue weighted by Crippen LogP contribution is -2.54. The number of aliphatic hydroxyl groups excluding tert-OH is 1. The van der Waals surface area contributed by atoms with E-state index in [1.54, 1.807) is 6.92 Å². The summed E-state index contributed by atoms with van der Waals surface area (Å²) in [5.74, 6) is -0.975. The van der Waals surface area contributed by atoms with E-state index in [9.17, 15) is 15.0 Å². The molecule has 1 rings (SSSR count). The fourth-order valence-electron chi connectivity index (χ4n) is 3.53. The van der Waals surface area contributed by atoms with Gasteiger partial charge in [-0.2, -0.15) is 0 Å². The third-order valence-electron chi connectivity index (χ3n) is 4.82. The Morgan fingerprint density at radius 1 is 1.52 bits per heavy atom. The Morgan fingerprint density at radius 3 is 2.52 bits per heavy atom. The highest BCUT2D eigenvalue weighted by Crippen LogP contribution is 2.49. The van der Waals surface area contributed by atoms with Crippen LogP contribution in [0.5, 0.6) is 0 Å². The zero-order valence-electron chi connectivity index (χ0n) is 13.6. The Balaban J connectivity index is 2.99. The molecule has 4 heteroatoms. The summed E-state index contributed by atoms with van der Waals surface area (Å²) < 4.78 is 4.94. The Bertz CT molecular complexity index is 427. The number of ether oxygens (including phenoxy) is 1. The van der Waals surface area contributed by atoms with Gasteiger partial charge in [-0.3, -0.25) is 4.79 Å². The quantitative estimate of drug-likeness (QED) is 0.604. The molecule has 0 amide bonds. The molecule has 2 unspecified atom stereocenters. The molecule has 0 radical (unpaired) electrons. The van der Waals surface area contributed by atoms with E-state index in [1.807, 2.05) is 13.0 Å². The maximum absolute atomic E-state index is 11.0. The first-order valence-electron chi connectivity index (χ1n) is 7.38. The lowest BCUT2D eigenvalue weighted by molar-refractivity contribution is -0.163. The minimum Gasteiger partial charge on any atom is -0.463 e. The molecular weight excluding hydrogens is 268 g/mol. The van der Waals surface area contributed by atoms with Crippen molar-refractivity contribution in [1.29, 1.82) is 0 Å². The number of hydrogen-bond acceptors (Lipinski definition) is 4. The Labute approximate surface area is 127 Å². The van der Waals surface area contributed by atoms with Gasteiger partial charge in [0.1, 0.15) is 12.2 Å². The number of hydrogen-bond donors (Lipinski definition) is 2. The maximum Gasteiger partial charge on any atom is 0.302 e. The van der Waals surface area contributed by atoms with Gasteiger partial charge < -0.3 is 14.9 Å². The molecule has 0 heterocycles.